The molecule has 5 heteroatoms. The molecule has 0 aliphatic heterocycles. The highest BCUT2D eigenvalue weighted by Crippen LogP contribution is 2.25. The third-order valence-electron chi connectivity index (χ3n) is 2.90. The third-order valence-corrected chi connectivity index (χ3v) is 3.66. The molecule has 1 aliphatic carbocycles. The zero-order valence-corrected chi connectivity index (χ0v) is 11.1. The lowest BCUT2D eigenvalue weighted by Crippen LogP contribution is -2.30. The van der Waals surface area contributed by atoms with E-state index in [1.807, 2.05) is 13.8 Å². The van der Waals surface area contributed by atoms with Crippen LogP contribution in [0.25, 0.3) is 0 Å². The van der Waals surface area contributed by atoms with Gasteiger partial charge in [-0.2, -0.15) is 5.10 Å². The summed E-state index contributed by atoms with van der Waals surface area (Å²) in [7, 11) is 0. The lowest BCUT2D eigenvalue weighted by atomic mass is 9.93. The summed E-state index contributed by atoms with van der Waals surface area (Å²) in [5.74, 6) is 0. The van der Waals surface area contributed by atoms with Crippen molar-refractivity contribution in [3.8, 4) is 0 Å². The van der Waals surface area contributed by atoms with Crippen molar-refractivity contribution in [2.75, 3.05) is 5.32 Å². The summed E-state index contributed by atoms with van der Waals surface area (Å²) in [6.45, 7) is 3.89. The molecular weight excluding hydrogens is 270 g/mol. The van der Waals surface area contributed by atoms with E-state index in [0.717, 1.165) is 5.69 Å². The summed E-state index contributed by atoms with van der Waals surface area (Å²) >= 11 is 3.35. The summed E-state index contributed by atoms with van der Waals surface area (Å²) in [5, 5.41) is 7.49. The molecule has 2 rings (SSSR count). The second kappa shape index (κ2) is 4.57. The van der Waals surface area contributed by atoms with Crippen LogP contribution >= 0.6 is 15.9 Å². The minimum absolute atomic E-state index is 0.0701. The van der Waals surface area contributed by atoms with Crippen LogP contribution in [0.2, 0.25) is 0 Å². The quantitative estimate of drug-likeness (QED) is 0.929. The molecule has 0 radical (unpaired) electrons. The highest BCUT2D eigenvalue weighted by molar-refractivity contribution is 9.10. The Balaban J connectivity index is 2.27. The fourth-order valence-corrected chi connectivity index (χ4v) is 2.08. The van der Waals surface area contributed by atoms with Crippen LogP contribution in [-0.2, 0) is 0 Å². The summed E-state index contributed by atoms with van der Waals surface area (Å²) in [5.41, 5.74) is 0.742. The van der Waals surface area contributed by atoms with Crippen molar-refractivity contribution in [3.63, 3.8) is 0 Å². The minimum atomic E-state index is -0.0701. The average molecular weight is 286 g/mol. The molecule has 1 heterocycles. The van der Waals surface area contributed by atoms with E-state index < -0.39 is 0 Å². The average Bonchev–Trinajstić information content (AvgIpc) is 2.17. The summed E-state index contributed by atoms with van der Waals surface area (Å²) in [6, 6.07) is 0.592. The maximum atomic E-state index is 11.9. The van der Waals surface area contributed by atoms with E-state index in [9.17, 15) is 4.79 Å². The Kier molecular flexibility index (Phi) is 3.33. The van der Waals surface area contributed by atoms with Gasteiger partial charge in [-0.05, 0) is 49.0 Å². The molecule has 0 spiro atoms. The predicted octanol–water partition coefficient (Wildman–Crippen LogP) is 2.55. The van der Waals surface area contributed by atoms with Gasteiger partial charge in [0.15, 0.2) is 0 Å². The van der Waals surface area contributed by atoms with Crippen molar-refractivity contribution >= 4 is 21.6 Å². The summed E-state index contributed by atoms with van der Waals surface area (Å²) in [4.78, 5) is 11.9. The lowest BCUT2D eigenvalue weighted by molar-refractivity contribution is 0.443. The van der Waals surface area contributed by atoms with E-state index >= 15 is 0 Å². The summed E-state index contributed by atoms with van der Waals surface area (Å²) in [6.07, 6.45) is 5.36. The molecule has 0 unspecified atom stereocenters. The largest absolute Gasteiger partial charge is 0.380 e. The molecular formula is C11H16BrN3O. The predicted molar refractivity (Wildman–Crippen MR) is 67.8 cm³/mol. The zero-order chi connectivity index (χ0) is 11.7. The van der Waals surface area contributed by atoms with Gasteiger partial charge in [0.05, 0.1) is 17.9 Å². The van der Waals surface area contributed by atoms with Crippen molar-refractivity contribution in [1.29, 1.82) is 0 Å². The first-order valence-electron chi connectivity index (χ1n) is 5.63. The zero-order valence-electron chi connectivity index (χ0n) is 9.53. The van der Waals surface area contributed by atoms with E-state index in [-0.39, 0.29) is 11.6 Å². The Morgan fingerprint density at radius 1 is 1.56 bits per heavy atom. The van der Waals surface area contributed by atoms with Crippen molar-refractivity contribution < 1.29 is 0 Å². The second-order valence-corrected chi connectivity index (χ2v) is 5.28. The van der Waals surface area contributed by atoms with Gasteiger partial charge in [-0.25, -0.2) is 4.68 Å². The molecule has 16 heavy (non-hydrogen) atoms. The summed E-state index contributed by atoms with van der Waals surface area (Å²) < 4.78 is 2.07. The van der Waals surface area contributed by atoms with Gasteiger partial charge in [0, 0.05) is 6.04 Å². The molecule has 1 saturated carbocycles. The van der Waals surface area contributed by atoms with Crippen LogP contribution in [0.4, 0.5) is 5.69 Å². The normalized spacial score (nSPS) is 16.2. The third kappa shape index (κ3) is 2.14. The van der Waals surface area contributed by atoms with Gasteiger partial charge in [0.2, 0.25) is 0 Å². The van der Waals surface area contributed by atoms with Crippen molar-refractivity contribution in [2.45, 2.75) is 45.2 Å². The maximum Gasteiger partial charge on any atom is 0.283 e. The highest BCUT2D eigenvalue weighted by Gasteiger charge is 2.19. The Morgan fingerprint density at radius 2 is 2.25 bits per heavy atom. The first-order valence-corrected chi connectivity index (χ1v) is 6.42. The Labute approximate surface area is 103 Å². The van der Waals surface area contributed by atoms with Crippen LogP contribution in [-0.4, -0.2) is 15.8 Å². The van der Waals surface area contributed by atoms with Crippen LogP contribution in [0.1, 0.15) is 39.2 Å². The number of rotatable bonds is 3. The van der Waals surface area contributed by atoms with E-state index in [0.29, 0.717) is 10.5 Å². The first-order chi connectivity index (χ1) is 7.59. The van der Waals surface area contributed by atoms with E-state index in [2.05, 4.69) is 26.3 Å². The SMILES string of the molecule is CC(C)n1ncc(NC2CCC2)c(Br)c1=O. The molecule has 0 saturated heterocycles. The molecule has 0 aromatic carbocycles. The van der Waals surface area contributed by atoms with Gasteiger partial charge < -0.3 is 5.32 Å². The van der Waals surface area contributed by atoms with Crippen LogP contribution in [0.15, 0.2) is 15.5 Å². The number of hydrogen-bond donors (Lipinski definition) is 1. The van der Waals surface area contributed by atoms with Crippen LogP contribution in [0, 0.1) is 0 Å². The van der Waals surface area contributed by atoms with Gasteiger partial charge in [-0.1, -0.05) is 0 Å². The van der Waals surface area contributed by atoms with E-state index in [1.54, 1.807) is 6.20 Å². The molecule has 1 aromatic rings. The lowest BCUT2D eigenvalue weighted by Gasteiger charge is -2.27. The van der Waals surface area contributed by atoms with Crippen molar-refractivity contribution in [1.82, 2.24) is 9.78 Å². The van der Waals surface area contributed by atoms with E-state index in [1.165, 1.54) is 23.9 Å². The Morgan fingerprint density at radius 3 is 2.75 bits per heavy atom. The van der Waals surface area contributed by atoms with Gasteiger partial charge in [-0.15, -0.1) is 0 Å². The monoisotopic (exact) mass is 285 g/mol. The van der Waals surface area contributed by atoms with Gasteiger partial charge in [0.1, 0.15) is 4.47 Å². The molecule has 0 amide bonds. The van der Waals surface area contributed by atoms with Crippen LogP contribution in [0.3, 0.4) is 0 Å². The standard InChI is InChI=1S/C11H16BrN3O/c1-7(2)15-11(16)10(12)9(6-13-15)14-8-4-3-5-8/h6-8,14H,3-5H2,1-2H3. The fourth-order valence-electron chi connectivity index (χ4n) is 1.69. The molecule has 1 aromatic heterocycles. The van der Waals surface area contributed by atoms with Crippen molar-refractivity contribution in [2.24, 2.45) is 0 Å². The second-order valence-electron chi connectivity index (χ2n) is 4.49. The van der Waals surface area contributed by atoms with Crippen LogP contribution in [0.5, 0.6) is 0 Å². The highest BCUT2D eigenvalue weighted by atomic mass is 79.9. The number of nitrogens with one attached hydrogen (secondary N) is 1. The fraction of sp³-hybridized carbons (Fsp3) is 0.636. The minimum Gasteiger partial charge on any atom is -0.380 e. The molecule has 1 N–H and O–H groups in total. The Hall–Kier alpha value is -0.840. The van der Waals surface area contributed by atoms with Gasteiger partial charge >= 0.3 is 0 Å². The molecule has 0 bridgehead atoms. The Bertz CT molecular complexity index is 437. The van der Waals surface area contributed by atoms with Gasteiger partial charge in [0.25, 0.3) is 5.56 Å². The maximum absolute atomic E-state index is 11.9. The molecule has 0 atom stereocenters. The molecule has 1 fully saturated rings. The number of hydrogen-bond acceptors (Lipinski definition) is 3. The topological polar surface area (TPSA) is 46.9 Å². The van der Waals surface area contributed by atoms with Crippen molar-refractivity contribution in [3.05, 3.63) is 21.0 Å². The van der Waals surface area contributed by atoms with Gasteiger partial charge in [-0.3, -0.25) is 4.79 Å². The number of halogens is 1. The molecule has 1 aliphatic rings. The molecule has 4 nitrogen and oxygen atoms in total. The van der Waals surface area contributed by atoms with Crippen LogP contribution < -0.4 is 10.9 Å². The van der Waals surface area contributed by atoms with E-state index in [4.69, 9.17) is 0 Å². The number of aromatic nitrogens is 2. The number of nitrogens with zero attached hydrogens (tertiary/aromatic N) is 2. The first kappa shape index (κ1) is 11.6. The molecule has 88 valence electrons. The number of anilines is 1. The smallest absolute Gasteiger partial charge is 0.283 e.